The van der Waals surface area contributed by atoms with Gasteiger partial charge in [-0.25, -0.2) is 0 Å². The molecule has 10 heteroatoms. The Bertz CT molecular complexity index is 421. The molecule has 2 rings (SSSR count). The van der Waals surface area contributed by atoms with Crippen LogP contribution in [0.4, 0.5) is 0 Å². The minimum Gasteiger partial charge on any atom is -0.395 e. The Balaban J connectivity index is 0.000000300. The van der Waals surface area contributed by atoms with Crippen LogP contribution in [0.3, 0.4) is 0 Å². The number of hydrogen-bond donors (Lipinski definition) is 8. The van der Waals surface area contributed by atoms with Gasteiger partial charge in [0, 0.05) is 13.1 Å². The van der Waals surface area contributed by atoms with Crippen molar-refractivity contribution >= 4 is 0 Å². The zero-order chi connectivity index (χ0) is 22.8. The number of rotatable bonds is 8. The van der Waals surface area contributed by atoms with E-state index in [1.54, 1.807) is 0 Å². The molecule has 10 nitrogen and oxygen atoms in total. The molecule has 0 saturated carbocycles. The van der Waals surface area contributed by atoms with Crippen molar-refractivity contribution in [3.63, 3.8) is 0 Å². The van der Waals surface area contributed by atoms with Crippen molar-refractivity contribution in [2.24, 2.45) is 0 Å². The summed E-state index contributed by atoms with van der Waals surface area (Å²) in [5, 5.41) is 75.5. The Morgan fingerprint density at radius 3 is 1.20 bits per heavy atom. The Labute approximate surface area is 179 Å². The summed E-state index contributed by atoms with van der Waals surface area (Å²) < 4.78 is 0. The Morgan fingerprint density at radius 2 is 0.933 bits per heavy atom. The molecule has 0 aliphatic carbocycles. The van der Waals surface area contributed by atoms with Gasteiger partial charge in [0.2, 0.25) is 0 Å². The summed E-state index contributed by atoms with van der Waals surface area (Å²) in [6.45, 7) is 5.78. The van der Waals surface area contributed by atoms with Crippen LogP contribution in [0.15, 0.2) is 0 Å². The summed E-state index contributed by atoms with van der Waals surface area (Å²) in [4.78, 5) is 3.68. The second-order valence-electron chi connectivity index (χ2n) is 8.29. The van der Waals surface area contributed by atoms with E-state index in [2.05, 4.69) is 13.8 Å². The van der Waals surface area contributed by atoms with Crippen molar-refractivity contribution in [1.82, 2.24) is 9.80 Å². The Hall–Kier alpha value is -0.400. The normalized spacial score (nSPS) is 38.2. The molecule has 2 heterocycles. The number of aliphatic hydroxyl groups is 8. The van der Waals surface area contributed by atoms with Crippen molar-refractivity contribution < 1.29 is 40.9 Å². The van der Waals surface area contributed by atoms with Crippen LogP contribution in [-0.4, -0.2) is 139 Å². The van der Waals surface area contributed by atoms with Crippen molar-refractivity contribution in [2.75, 3.05) is 39.4 Å². The fourth-order valence-corrected chi connectivity index (χ4v) is 3.99. The van der Waals surface area contributed by atoms with Gasteiger partial charge in [-0.2, -0.15) is 0 Å². The van der Waals surface area contributed by atoms with Crippen molar-refractivity contribution in [1.29, 1.82) is 0 Å². The lowest BCUT2D eigenvalue weighted by Crippen LogP contribution is -2.62. The predicted molar refractivity (Wildman–Crippen MR) is 111 cm³/mol. The van der Waals surface area contributed by atoms with Crippen LogP contribution < -0.4 is 0 Å². The predicted octanol–water partition coefficient (Wildman–Crippen LogP) is -2.91. The molecule has 2 aliphatic heterocycles. The third kappa shape index (κ3) is 7.33. The molecule has 180 valence electrons. The highest BCUT2D eigenvalue weighted by atomic mass is 16.4. The second kappa shape index (κ2) is 13.9. The number of hydrogen-bond acceptors (Lipinski definition) is 10. The van der Waals surface area contributed by atoms with Crippen molar-refractivity contribution in [3.05, 3.63) is 0 Å². The maximum absolute atomic E-state index is 9.67. The molecular formula is C20H42N2O8. The molecule has 0 bridgehead atoms. The molecule has 2 aliphatic rings. The molecule has 0 spiro atoms. The van der Waals surface area contributed by atoms with E-state index in [1.165, 1.54) is 0 Å². The molecule has 8 atom stereocenters. The van der Waals surface area contributed by atoms with E-state index in [-0.39, 0.29) is 13.2 Å². The summed E-state index contributed by atoms with van der Waals surface area (Å²) in [5.74, 6) is 0. The summed E-state index contributed by atoms with van der Waals surface area (Å²) in [6.07, 6.45) is -2.38. The lowest BCUT2D eigenvalue weighted by Gasteiger charge is -2.43. The quantitative estimate of drug-likeness (QED) is 0.197. The number of unbranched alkanes of at least 4 members (excludes halogenated alkanes) is 2. The number of piperidine rings is 2. The van der Waals surface area contributed by atoms with Gasteiger partial charge < -0.3 is 40.9 Å². The molecule has 0 aromatic carbocycles. The lowest BCUT2D eigenvalue weighted by molar-refractivity contribution is -0.145. The highest BCUT2D eigenvalue weighted by molar-refractivity contribution is 4.94. The van der Waals surface area contributed by atoms with Crippen LogP contribution in [0, 0.1) is 0 Å². The van der Waals surface area contributed by atoms with Gasteiger partial charge in [-0.1, -0.05) is 26.7 Å². The molecule has 0 aromatic rings. The van der Waals surface area contributed by atoms with Gasteiger partial charge in [0.15, 0.2) is 0 Å². The van der Waals surface area contributed by atoms with Gasteiger partial charge >= 0.3 is 0 Å². The first kappa shape index (κ1) is 27.6. The molecule has 0 amide bonds. The molecule has 0 radical (unpaired) electrons. The SMILES string of the molecule is CCCCN1C[C@H](O)[C@@H](O)[C@H](O)[C@H]1CO.CCCCN1C[C@H](O)[C@@H](O)[C@H](O)[C@H]1CO. The minimum absolute atomic E-state index is 0.200. The Kier molecular flexibility index (Phi) is 12.8. The van der Waals surface area contributed by atoms with Gasteiger partial charge in [-0.15, -0.1) is 0 Å². The highest BCUT2D eigenvalue weighted by Gasteiger charge is 2.41. The Morgan fingerprint density at radius 1 is 0.600 bits per heavy atom. The first-order valence-corrected chi connectivity index (χ1v) is 11.0. The molecule has 2 saturated heterocycles. The topological polar surface area (TPSA) is 168 Å². The molecular weight excluding hydrogens is 396 g/mol. The van der Waals surface area contributed by atoms with Gasteiger partial charge in [-0.05, 0) is 25.9 Å². The molecule has 0 aromatic heterocycles. The van der Waals surface area contributed by atoms with Gasteiger partial charge in [0.25, 0.3) is 0 Å². The molecule has 8 N–H and O–H groups in total. The van der Waals surface area contributed by atoms with E-state index in [0.29, 0.717) is 13.1 Å². The van der Waals surface area contributed by atoms with Gasteiger partial charge in [0.1, 0.15) is 24.4 Å². The summed E-state index contributed by atoms with van der Waals surface area (Å²) in [7, 11) is 0. The van der Waals surface area contributed by atoms with Crippen LogP contribution in [-0.2, 0) is 0 Å². The van der Waals surface area contributed by atoms with E-state index in [4.69, 9.17) is 10.2 Å². The van der Waals surface area contributed by atoms with Crippen LogP contribution in [0.25, 0.3) is 0 Å². The summed E-state index contributed by atoms with van der Waals surface area (Å²) in [6, 6.07) is -0.926. The minimum atomic E-state index is -1.15. The van der Waals surface area contributed by atoms with Gasteiger partial charge in [-0.3, -0.25) is 9.80 Å². The van der Waals surface area contributed by atoms with Crippen LogP contribution in [0.5, 0.6) is 0 Å². The van der Waals surface area contributed by atoms with Crippen LogP contribution in [0.2, 0.25) is 0 Å². The maximum atomic E-state index is 9.67. The first-order chi connectivity index (χ1) is 14.2. The van der Waals surface area contributed by atoms with E-state index >= 15 is 0 Å². The molecule has 0 unspecified atom stereocenters. The van der Waals surface area contributed by atoms with Crippen molar-refractivity contribution in [2.45, 2.75) is 88.2 Å². The fourth-order valence-electron chi connectivity index (χ4n) is 3.99. The average Bonchev–Trinajstić information content (AvgIpc) is 2.73. The number of β-amino-alcohol motifs (C(OH)–C–C–N with tert-alkyl or cyclic N) is 2. The first-order valence-electron chi connectivity index (χ1n) is 11.0. The lowest BCUT2D eigenvalue weighted by atomic mass is 9.94. The molecule has 2 fully saturated rings. The van der Waals surface area contributed by atoms with Gasteiger partial charge in [0.05, 0.1) is 37.5 Å². The summed E-state index contributed by atoms with van der Waals surface area (Å²) >= 11 is 0. The smallest absolute Gasteiger partial charge is 0.109 e. The van der Waals surface area contributed by atoms with E-state index < -0.39 is 48.7 Å². The second-order valence-corrected chi connectivity index (χ2v) is 8.29. The monoisotopic (exact) mass is 438 g/mol. The van der Waals surface area contributed by atoms with Crippen LogP contribution >= 0.6 is 0 Å². The van der Waals surface area contributed by atoms with E-state index in [9.17, 15) is 30.6 Å². The zero-order valence-electron chi connectivity index (χ0n) is 18.2. The van der Waals surface area contributed by atoms with E-state index in [1.807, 2.05) is 9.80 Å². The third-order valence-corrected chi connectivity index (χ3v) is 6.03. The third-order valence-electron chi connectivity index (χ3n) is 6.03. The van der Waals surface area contributed by atoms with Crippen LogP contribution in [0.1, 0.15) is 39.5 Å². The standard InChI is InChI=1S/2C10H21NO4/c2*1-2-3-4-11-5-8(13)10(15)9(14)7(11)6-12/h2*7-10,12-15H,2-6H2,1H3/t2*7-,8+,9-,10-/m11/s1. The zero-order valence-corrected chi connectivity index (χ0v) is 18.2. The molecule has 30 heavy (non-hydrogen) atoms. The highest BCUT2D eigenvalue weighted by Crippen LogP contribution is 2.20. The number of likely N-dealkylation sites (tertiary alicyclic amines) is 2. The summed E-state index contributed by atoms with van der Waals surface area (Å²) in [5.41, 5.74) is 0. The largest absolute Gasteiger partial charge is 0.395 e. The van der Waals surface area contributed by atoms with Crippen molar-refractivity contribution in [3.8, 4) is 0 Å². The maximum Gasteiger partial charge on any atom is 0.109 e. The van der Waals surface area contributed by atoms with E-state index in [0.717, 1.165) is 38.8 Å². The average molecular weight is 439 g/mol. The number of aliphatic hydroxyl groups excluding tert-OH is 8. The number of nitrogens with zero attached hydrogens (tertiary/aromatic N) is 2. The fraction of sp³-hybridized carbons (Fsp3) is 1.00.